The van der Waals surface area contributed by atoms with Crippen LogP contribution >= 0.6 is 0 Å². The molecule has 0 aliphatic carbocycles. The van der Waals surface area contributed by atoms with E-state index in [1.54, 1.807) is 12.1 Å². The number of benzene rings is 1. The van der Waals surface area contributed by atoms with E-state index >= 15 is 0 Å². The second-order valence-electron chi connectivity index (χ2n) is 3.36. The Morgan fingerprint density at radius 2 is 2.12 bits per heavy atom. The van der Waals surface area contributed by atoms with Crippen LogP contribution in [-0.4, -0.2) is 23.3 Å². The van der Waals surface area contributed by atoms with Gasteiger partial charge in [-0.15, -0.1) is 0 Å². The van der Waals surface area contributed by atoms with Crippen LogP contribution in [0.3, 0.4) is 0 Å². The number of furan rings is 1. The average molecular weight is 234 g/mol. The topological polar surface area (TPSA) is 79.9 Å². The van der Waals surface area contributed by atoms with Crippen LogP contribution in [-0.2, 0) is 0 Å². The number of hydrogen-bond donors (Lipinski definition) is 2. The van der Waals surface area contributed by atoms with Crippen LogP contribution in [0.5, 0.6) is 11.5 Å². The number of methoxy groups -OCH3 is 1. The molecule has 5 nitrogen and oxygen atoms in total. The number of carboxylic acids is 1. The molecule has 0 saturated heterocycles. The van der Waals surface area contributed by atoms with Crippen molar-refractivity contribution in [2.75, 3.05) is 7.11 Å². The first-order chi connectivity index (χ1) is 8.13. The van der Waals surface area contributed by atoms with E-state index in [0.717, 1.165) is 0 Å². The van der Waals surface area contributed by atoms with E-state index in [9.17, 15) is 9.90 Å². The number of phenolic OH excluding ortho intramolecular Hbond substituents is 1. The van der Waals surface area contributed by atoms with Gasteiger partial charge in [0.05, 0.1) is 13.4 Å². The van der Waals surface area contributed by atoms with Crippen LogP contribution in [0.1, 0.15) is 10.6 Å². The minimum absolute atomic E-state index is 0.0532. The summed E-state index contributed by atoms with van der Waals surface area (Å²) in [5, 5.41) is 18.5. The van der Waals surface area contributed by atoms with Crippen LogP contribution in [0.4, 0.5) is 0 Å². The number of hydrogen-bond acceptors (Lipinski definition) is 4. The summed E-state index contributed by atoms with van der Waals surface area (Å²) >= 11 is 0. The maximum absolute atomic E-state index is 10.9. The number of carbonyl (C=O) groups is 1. The molecular formula is C12H10O5. The molecule has 0 aliphatic rings. The largest absolute Gasteiger partial charge is 0.504 e. The first-order valence-corrected chi connectivity index (χ1v) is 4.81. The predicted octanol–water partition coefficient (Wildman–Crippen LogP) is 2.36. The summed E-state index contributed by atoms with van der Waals surface area (Å²) in [7, 11) is 1.44. The summed E-state index contributed by atoms with van der Waals surface area (Å²) in [6.07, 6.45) is 1.29. The highest BCUT2D eigenvalue weighted by atomic mass is 16.5. The molecule has 0 atom stereocenters. The van der Waals surface area contributed by atoms with E-state index in [1.165, 1.54) is 25.5 Å². The van der Waals surface area contributed by atoms with Crippen molar-refractivity contribution < 1.29 is 24.2 Å². The molecule has 0 radical (unpaired) electrons. The van der Waals surface area contributed by atoms with E-state index in [1.807, 2.05) is 0 Å². The Morgan fingerprint density at radius 3 is 2.71 bits per heavy atom. The predicted molar refractivity (Wildman–Crippen MR) is 59.3 cm³/mol. The van der Waals surface area contributed by atoms with Gasteiger partial charge < -0.3 is 19.4 Å². The third kappa shape index (κ3) is 1.94. The lowest BCUT2D eigenvalue weighted by atomic mass is 10.1. The number of carboxylic acid groups (broad SMARTS) is 1. The summed E-state index contributed by atoms with van der Waals surface area (Å²) in [4.78, 5) is 10.9. The standard InChI is InChI=1S/C12H10O5/c1-16-10-3-2-7(6-9(10)13)8-4-5-17-11(8)12(14)15/h2-6,13H,1H3,(H,14,15). The Bertz CT molecular complexity index is 556. The van der Waals surface area contributed by atoms with E-state index in [2.05, 4.69) is 0 Å². The summed E-state index contributed by atoms with van der Waals surface area (Å²) < 4.78 is 9.77. The van der Waals surface area contributed by atoms with Gasteiger partial charge in [0.1, 0.15) is 0 Å². The second kappa shape index (κ2) is 4.21. The van der Waals surface area contributed by atoms with Gasteiger partial charge in [-0.1, -0.05) is 6.07 Å². The fourth-order valence-electron chi connectivity index (χ4n) is 1.56. The quantitative estimate of drug-likeness (QED) is 0.852. The number of aromatic hydroxyl groups is 1. The van der Waals surface area contributed by atoms with Crippen molar-refractivity contribution in [3.63, 3.8) is 0 Å². The molecule has 88 valence electrons. The molecule has 2 N–H and O–H groups in total. The molecule has 1 aromatic heterocycles. The lowest BCUT2D eigenvalue weighted by molar-refractivity contribution is 0.0663. The van der Waals surface area contributed by atoms with Gasteiger partial charge in [0.25, 0.3) is 0 Å². The second-order valence-corrected chi connectivity index (χ2v) is 3.36. The first kappa shape index (κ1) is 11.1. The lowest BCUT2D eigenvalue weighted by Gasteiger charge is -2.05. The van der Waals surface area contributed by atoms with E-state index in [0.29, 0.717) is 16.9 Å². The van der Waals surface area contributed by atoms with Gasteiger partial charge in [-0.3, -0.25) is 0 Å². The third-order valence-corrected chi connectivity index (χ3v) is 2.35. The SMILES string of the molecule is COc1ccc(-c2ccoc2C(=O)O)cc1O. The molecule has 1 heterocycles. The molecule has 0 unspecified atom stereocenters. The highest BCUT2D eigenvalue weighted by Gasteiger charge is 2.16. The fourth-order valence-corrected chi connectivity index (χ4v) is 1.56. The maximum Gasteiger partial charge on any atom is 0.372 e. The molecule has 2 aromatic rings. The zero-order valence-electron chi connectivity index (χ0n) is 9.01. The zero-order valence-corrected chi connectivity index (χ0v) is 9.01. The van der Waals surface area contributed by atoms with Crippen LogP contribution in [0.25, 0.3) is 11.1 Å². The molecule has 0 bridgehead atoms. The number of phenols is 1. The van der Waals surface area contributed by atoms with Gasteiger partial charge >= 0.3 is 5.97 Å². The minimum atomic E-state index is -1.15. The van der Waals surface area contributed by atoms with Gasteiger partial charge in [0, 0.05) is 5.56 Å². The Balaban J connectivity index is 2.50. The normalized spacial score (nSPS) is 10.2. The zero-order chi connectivity index (χ0) is 12.4. The molecular weight excluding hydrogens is 224 g/mol. The van der Waals surface area contributed by atoms with Crippen molar-refractivity contribution in [3.8, 4) is 22.6 Å². The van der Waals surface area contributed by atoms with Crippen molar-refractivity contribution in [2.45, 2.75) is 0 Å². The van der Waals surface area contributed by atoms with Crippen molar-refractivity contribution in [1.29, 1.82) is 0 Å². The van der Waals surface area contributed by atoms with Gasteiger partial charge in [0.2, 0.25) is 5.76 Å². The summed E-state index contributed by atoms with van der Waals surface area (Å²) in [6, 6.07) is 6.17. The molecule has 0 aliphatic heterocycles. The van der Waals surface area contributed by atoms with Crippen molar-refractivity contribution in [1.82, 2.24) is 0 Å². The minimum Gasteiger partial charge on any atom is -0.504 e. The Hall–Kier alpha value is -2.43. The summed E-state index contributed by atoms with van der Waals surface area (Å²) in [5.41, 5.74) is 0.963. The van der Waals surface area contributed by atoms with E-state index < -0.39 is 5.97 Å². The van der Waals surface area contributed by atoms with Gasteiger partial charge in [0.15, 0.2) is 11.5 Å². The molecule has 0 amide bonds. The van der Waals surface area contributed by atoms with E-state index in [-0.39, 0.29) is 11.5 Å². The van der Waals surface area contributed by atoms with Gasteiger partial charge in [-0.05, 0) is 23.8 Å². The van der Waals surface area contributed by atoms with Crippen LogP contribution in [0.2, 0.25) is 0 Å². The molecule has 5 heteroatoms. The van der Waals surface area contributed by atoms with Crippen LogP contribution in [0.15, 0.2) is 34.9 Å². The molecule has 0 fully saturated rings. The highest BCUT2D eigenvalue weighted by molar-refractivity contribution is 5.93. The van der Waals surface area contributed by atoms with Crippen molar-refractivity contribution in [3.05, 3.63) is 36.3 Å². The Morgan fingerprint density at radius 1 is 1.35 bits per heavy atom. The Labute approximate surface area is 96.9 Å². The number of ether oxygens (including phenoxy) is 1. The molecule has 1 aromatic carbocycles. The number of aromatic carboxylic acids is 1. The third-order valence-electron chi connectivity index (χ3n) is 2.35. The maximum atomic E-state index is 10.9. The van der Waals surface area contributed by atoms with Crippen molar-refractivity contribution >= 4 is 5.97 Å². The molecule has 2 rings (SSSR count). The van der Waals surface area contributed by atoms with Crippen molar-refractivity contribution in [2.24, 2.45) is 0 Å². The Kier molecular flexibility index (Phi) is 2.74. The summed E-state index contributed by atoms with van der Waals surface area (Å²) in [5.74, 6) is -1.04. The monoisotopic (exact) mass is 234 g/mol. The summed E-state index contributed by atoms with van der Waals surface area (Å²) in [6.45, 7) is 0. The average Bonchev–Trinajstić information content (AvgIpc) is 2.77. The molecule has 17 heavy (non-hydrogen) atoms. The number of rotatable bonds is 3. The highest BCUT2D eigenvalue weighted by Crippen LogP contribution is 2.33. The first-order valence-electron chi connectivity index (χ1n) is 4.81. The van der Waals surface area contributed by atoms with Gasteiger partial charge in [-0.25, -0.2) is 4.79 Å². The molecule has 0 saturated carbocycles. The van der Waals surface area contributed by atoms with Gasteiger partial charge in [-0.2, -0.15) is 0 Å². The van der Waals surface area contributed by atoms with Crippen LogP contribution in [0, 0.1) is 0 Å². The van der Waals surface area contributed by atoms with Crippen LogP contribution < -0.4 is 4.74 Å². The fraction of sp³-hybridized carbons (Fsp3) is 0.0833. The smallest absolute Gasteiger partial charge is 0.372 e. The lowest BCUT2D eigenvalue weighted by Crippen LogP contribution is -1.95. The van der Waals surface area contributed by atoms with E-state index in [4.69, 9.17) is 14.3 Å². The molecule has 0 spiro atoms.